The van der Waals surface area contributed by atoms with Crippen LogP contribution in [0.2, 0.25) is 0 Å². The molecule has 0 atom stereocenters. The van der Waals surface area contributed by atoms with Gasteiger partial charge in [0.2, 0.25) is 11.8 Å². The number of aromatic nitrogens is 4. The number of anilines is 2. The number of sulfonamides is 1. The van der Waals surface area contributed by atoms with E-state index in [0.717, 1.165) is 28.6 Å². The SMILES string of the molecule is COc1ncc(-c2ccnc3ccc(-c4cnc(N)nc4)cc23)cc1NS(=O)(=O)c1ccc(F)cc1F. The molecular weight excluding hydrogens is 502 g/mol. The van der Waals surface area contributed by atoms with Crippen molar-refractivity contribution in [3.63, 3.8) is 0 Å². The van der Waals surface area contributed by atoms with Crippen molar-refractivity contribution in [1.29, 1.82) is 0 Å². The van der Waals surface area contributed by atoms with Gasteiger partial charge in [0.15, 0.2) is 0 Å². The van der Waals surface area contributed by atoms with Crippen LogP contribution in [0.15, 0.2) is 78.2 Å². The summed E-state index contributed by atoms with van der Waals surface area (Å²) in [4.78, 5) is 16.0. The zero-order chi connectivity index (χ0) is 26.2. The van der Waals surface area contributed by atoms with Gasteiger partial charge in [0.1, 0.15) is 22.2 Å². The number of ether oxygens (including phenoxy) is 1. The Hall–Kier alpha value is -4.71. The quantitative estimate of drug-likeness (QED) is 0.336. The highest BCUT2D eigenvalue weighted by molar-refractivity contribution is 7.92. The normalized spacial score (nSPS) is 11.4. The summed E-state index contributed by atoms with van der Waals surface area (Å²) in [5, 5.41) is 0.752. The summed E-state index contributed by atoms with van der Waals surface area (Å²) in [5.41, 5.74) is 9.05. The van der Waals surface area contributed by atoms with Crippen LogP contribution in [0.3, 0.4) is 0 Å². The molecule has 5 aromatic rings. The summed E-state index contributed by atoms with van der Waals surface area (Å²) >= 11 is 0. The monoisotopic (exact) mass is 520 g/mol. The van der Waals surface area contributed by atoms with E-state index < -0.39 is 26.6 Å². The number of nitrogens with zero attached hydrogens (tertiary/aromatic N) is 4. The van der Waals surface area contributed by atoms with Gasteiger partial charge in [-0.2, -0.15) is 0 Å². The van der Waals surface area contributed by atoms with Gasteiger partial charge in [0, 0.05) is 47.4 Å². The number of rotatable bonds is 6. The molecule has 2 aromatic carbocycles. The van der Waals surface area contributed by atoms with Crippen molar-refractivity contribution in [1.82, 2.24) is 19.9 Å². The molecule has 3 heterocycles. The van der Waals surface area contributed by atoms with Crippen LogP contribution in [-0.4, -0.2) is 35.5 Å². The molecular formula is C25H18F2N6O3S. The predicted molar refractivity (Wildman–Crippen MR) is 134 cm³/mol. The first-order valence-corrected chi connectivity index (χ1v) is 12.2. The molecule has 9 nitrogen and oxygen atoms in total. The van der Waals surface area contributed by atoms with Crippen LogP contribution < -0.4 is 15.2 Å². The first kappa shape index (κ1) is 24.0. The van der Waals surface area contributed by atoms with Crippen molar-refractivity contribution >= 4 is 32.6 Å². The fourth-order valence-electron chi connectivity index (χ4n) is 3.79. The number of pyridine rings is 2. The first-order valence-electron chi connectivity index (χ1n) is 10.7. The lowest BCUT2D eigenvalue weighted by Crippen LogP contribution is -2.15. The van der Waals surface area contributed by atoms with Crippen molar-refractivity contribution < 1.29 is 21.9 Å². The lowest BCUT2D eigenvalue weighted by molar-refractivity contribution is 0.400. The van der Waals surface area contributed by atoms with Crippen LogP contribution in [-0.2, 0) is 10.0 Å². The Balaban J connectivity index is 1.60. The third-order valence-corrected chi connectivity index (χ3v) is 6.93. The molecule has 37 heavy (non-hydrogen) atoms. The number of fused-ring (bicyclic) bond motifs is 1. The van der Waals surface area contributed by atoms with Crippen LogP contribution in [0, 0.1) is 11.6 Å². The summed E-state index contributed by atoms with van der Waals surface area (Å²) in [6.45, 7) is 0. The highest BCUT2D eigenvalue weighted by Gasteiger charge is 2.22. The van der Waals surface area contributed by atoms with Crippen LogP contribution in [0.25, 0.3) is 33.2 Å². The molecule has 0 fully saturated rings. The maximum Gasteiger partial charge on any atom is 0.264 e. The summed E-state index contributed by atoms with van der Waals surface area (Å²) in [6, 6.07) is 11.1. The number of hydrogen-bond donors (Lipinski definition) is 2. The van der Waals surface area contributed by atoms with Gasteiger partial charge in [0.05, 0.1) is 12.6 Å². The molecule has 0 unspecified atom stereocenters. The zero-order valence-corrected chi connectivity index (χ0v) is 20.0. The molecule has 0 saturated heterocycles. The van der Waals surface area contributed by atoms with E-state index in [-0.39, 0.29) is 17.5 Å². The summed E-state index contributed by atoms with van der Waals surface area (Å²) in [5.74, 6) is -2.00. The Morgan fingerprint density at radius 1 is 0.865 bits per heavy atom. The smallest absolute Gasteiger partial charge is 0.264 e. The van der Waals surface area contributed by atoms with Crippen molar-refractivity contribution in [2.75, 3.05) is 17.6 Å². The lowest BCUT2D eigenvalue weighted by atomic mass is 9.99. The Bertz CT molecular complexity index is 1750. The summed E-state index contributed by atoms with van der Waals surface area (Å²) < 4.78 is 60.8. The fraction of sp³-hybridized carbons (Fsp3) is 0.0400. The van der Waals surface area contributed by atoms with Crippen LogP contribution in [0.5, 0.6) is 5.88 Å². The second-order valence-electron chi connectivity index (χ2n) is 7.88. The molecule has 0 amide bonds. The molecule has 0 radical (unpaired) electrons. The molecule has 0 bridgehead atoms. The van der Waals surface area contributed by atoms with E-state index >= 15 is 0 Å². The number of halogens is 2. The lowest BCUT2D eigenvalue weighted by Gasteiger charge is -2.14. The van der Waals surface area contributed by atoms with E-state index in [0.29, 0.717) is 22.7 Å². The Morgan fingerprint density at radius 3 is 2.35 bits per heavy atom. The highest BCUT2D eigenvalue weighted by Crippen LogP contribution is 2.35. The Morgan fingerprint density at radius 2 is 1.62 bits per heavy atom. The van der Waals surface area contributed by atoms with Gasteiger partial charge in [-0.3, -0.25) is 9.71 Å². The number of benzene rings is 2. The molecule has 5 rings (SSSR count). The molecule has 3 aromatic heterocycles. The highest BCUT2D eigenvalue weighted by atomic mass is 32.2. The predicted octanol–water partition coefficient (Wildman–Crippen LogP) is 4.42. The third-order valence-electron chi connectivity index (χ3n) is 5.53. The van der Waals surface area contributed by atoms with E-state index in [1.54, 1.807) is 24.7 Å². The minimum atomic E-state index is -4.43. The number of nitrogens with two attached hydrogens (primary N) is 1. The minimum Gasteiger partial charge on any atom is -0.480 e. The van der Waals surface area contributed by atoms with E-state index in [1.807, 2.05) is 18.2 Å². The summed E-state index contributed by atoms with van der Waals surface area (Å²) in [7, 11) is -3.11. The fourth-order valence-corrected chi connectivity index (χ4v) is 4.90. The maximum atomic E-state index is 14.2. The second kappa shape index (κ2) is 9.39. The largest absolute Gasteiger partial charge is 0.480 e. The molecule has 186 valence electrons. The third kappa shape index (κ3) is 4.74. The minimum absolute atomic E-state index is 0.0308. The molecule has 12 heteroatoms. The number of nitrogen functional groups attached to an aromatic ring is 1. The van der Waals surface area contributed by atoms with Gasteiger partial charge in [-0.1, -0.05) is 6.07 Å². The van der Waals surface area contributed by atoms with Crippen molar-refractivity contribution in [2.45, 2.75) is 4.90 Å². The van der Waals surface area contributed by atoms with E-state index in [1.165, 1.54) is 19.4 Å². The van der Waals surface area contributed by atoms with Gasteiger partial charge in [-0.25, -0.2) is 32.2 Å². The van der Waals surface area contributed by atoms with Crippen LogP contribution >= 0.6 is 0 Å². The van der Waals surface area contributed by atoms with Gasteiger partial charge in [-0.05, 0) is 47.5 Å². The van der Waals surface area contributed by atoms with Gasteiger partial charge >= 0.3 is 0 Å². The topological polar surface area (TPSA) is 133 Å². The Kier molecular flexibility index (Phi) is 6.09. The Labute approximate surface area is 210 Å². The van der Waals surface area contributed by atoms with Crippen LogP contribution in [0.4, 0.5) is 20.4 Å². The molecule has 0 spiro atoms. The molecule has 0 aliphatic heterocycles. The van der Waals surface area contributed by atoms with Gasteiger partial charge in [-0.15, -0.1) is 0 Å². The standard InChI is InChI=1S/C25H18F2N6O3S/c1-36-24-22(33-37(34,35)23-5-3-17(26)10-20(23)27)9-15(11-30-24)18-6-7-29-21-4-2-14(8-19(18)21)16-12-31-25(28)32-13-16/h2-13,33H,1H3,(H2,28,31,32). The molecule has 0 aliphatic carbocycles. The number of methoxy groups -OCH3 is 1. The van der Waals surface area contributed by atoms with Crippen molar-refractivity contribution in [2.24, 2.45) is 0 Å². The van der Waals surface area contributed by atoms with Gasteiger partial charge in [0.25, 0.3) is 10.0 Å². The van der Waals surface area contributed by atoms with Crippen molar-refractivity contribution in [3.05, 3.63) is 85.0 Å². The average Bonchev–Trinajstić information content (AvgIpc) is 2.88. The zero-order valence-electron chi connectivity index (χ0n) is 19.2. The molecule has 0 saturated carbocycles. The van der Waals surface area contributed by atoms with E-state index in [9.17, 15) is 17.2 Å². The number of nitrogens with one attached hydrogen (secondary N) is 1. The molecule has 0 aliphatic rings. The maximum absolute atomic E-state index is 14.2. The van der Waals surface area contributed by atoms with Gasteiger partial charge < -0.3 is 10.5 Å². The molecule has 3 N–H and O–H groups in total. The average molecular weight is 521 g/mol. The van der Waals surface area contributed by atoms with Crippen LogP contribution in [0.1, 0.15) is 0 Å². The second-order valence-corrected chi connectivity index (χ2v) is 9.53. The van der Waals surface area contributed by atoms with E-state index in [2.05, 4.69) is 24.7 Å². The van der Waals surface area contributed by atoms with E-state index in [4.69, 9.17) is 10.5 Å². The number of hydrogen-bond acceptors (Lipinski definition) is 8. The first-order chi connectivity index (χ1) is 17.7. The van der Waals surface area contributed by atoms with Crippen molar-refractivity contribution in [3.8, 4) is 28.1 Å². The summed E-state index contributed by atoms with van der Waals surface area (Å²) in [6.07, 6.45) is 6.35.